The van der Waals surface area contributed by atoms with Crippen molar-refractivity contribution in [3.8, 4) is 5.75 Å². The molecule has 0 aliphatic heterocycles. The van der Waals surface area contributed by atoms with Gasteiger partial charge < -0.3 is 9.84 Å². The fourth-order valence-electron chi connectivity index (χ4n) is 0.871. The molecule has 0 heterocycles. The predicted octanol–water partition coefficient (Wildman–Crippen LogP) is 2.17. The first-order chi connectivity index (χ1) is 6.22. The summed E-state index contributed by atoms with van der Waals surface area (Å²) in [5.74, 6) is 0.814. The number of aliphatic hydroxyl groups excluding tert-OH is 1. The maximum atomic E-state index is 9.24. The predicted molar refractivity (Wildman–Crippen MR) is 61.6 cm³/mol. The first kappa shape index (κ1) is 10.8. The Kier molecular flexibility index (Phi) is 4.52. The van der Waals surface area contributed by atoms with Crippen molar-refractivity contribution in [1.82, 2.24) is 0 Å². The minimum atomic E-state index is -0.373. The van der Waals surface area contributed by atoms with E-state index in [0.29, 0.717) is 11.0 Å². The Hall–Kier alpha value is -0.290. The van der Waals surface area contributed by atoms with Crippen LogP contribution in [0.3, 0.4) is 0 Å². The summed E-state index contributed by atoms with van der Waals surface area (Å²) in [6, 6.07) is 7.81. The van der Waals surface area contributed by atoms with E-state index in [-0.39, 0.29) is 6.10 Å². The normalized spacial score (nSPS) is 12.5. The molecule has 0 saturated carbocycles. The van der Waals surface area contributed by atoms with Crippen molar-refractivity contribution in [3.63, 3.8) is 0 Å². The molecule has 1 unspecified atom stereocenters. The van der Waals surface area contributed by atoms with E-state index in [1.807, 2.05) is 31.2 Å². The fourth-order valence-corrected chi connectivity index (χ4v) is 1.13. The van der Waals surface area contributed by atoms with Gasteiger partial charge in [-0.3, -0.25) is 0 Å². The van der Waals surface area contributed by atoms with Crippen LogP contribution >= 0.6 is 22.6 Å². The molecule has 1 aromatic rings. The maximum absolute atomic E-state index is 9.24. The molecule has 0 aromatic heterocycles. The van der Waals surface area contributed by atoms with Crippen LogP contribution in [0.1, 0.15) is 5.56 Å². The van der Waals surface area contributed by atoms with E-state index in [1.165, 1.54) is 5.56 Å². The summed E-state index contributed by atoms with van der Waals surface area (Å²) in [7, 11) is 0. The number of rotatable bonds is 4. The van der Waals surface area contributed by atoms with Gasteiger partial charge in [-0.1, -0.05) is 40.3 Å². The monoisotopic (exact) mass is 292 g/mol. The number of alkyl halides is 1. The average molecular weight is 292 g/mol. The highest BCUT2D eigenvalue weighted by Crippen LogP contribution is 2.11. The maximum Gasteiger partial charge on any atom is 0.119 e. The molecule has 0 saturated heterocycles. The van der Waals surface area contributed by atoms with Crippen LogP contribution in [0.5, 0.6) is 5.75 Å². The molecular formula is C10H13IO2. The molecule has 72 valence electrons. The van der Waals surface area contributed by atoms with E-state index >= 15 is 0 Å². The standard InChI is InChI=1S/C10H13IO2/c1-8-2-4-10(5-3-8)13-7-9(12)6-11/h2-5,9,12H,6-7H2,1H3. The molecule has 1 atom stereocenters. The topological polar surface area (TPSA) is 29.5 Å². The molecule has 0 aliphatic carbocycles. The number of ether oxygens (including phenoxy) is 1. The molecule has 1 N–H and O–H groups in total. The number of aliphatic hydroxyl groups is 1. The lowest BCUT2D eigenvalue weighted by Gasteiger charge is -2.09. The quantitative estimate of drug-likeness (QED) is 0.681. The SMILES string of the molecule is Cc1ccc(OCC(O)CI)cc1. The number of aryl methyl sites for hydroxylation is 1. The highest BCUT2D eigenvalue weighted by molar-refractivity contribution is 14.1. The van der Waals surface area contributed by atoms with Gasteiger partial charge >= 0.3 is 0 Å². The van der Waals surface area contributed by atoms with Gasteiger partial charge in [-0.2, -0.15) is 0 Å². The third-order valence-corrected chi connectivity index (χ3v) is 2.66. The molecule has 0 fully saturated rings. The molecule has 0 radical (unpaired) electrons. The van der Waals surface area contributed by atoms with Crippen molar-refractivity contribution in [2.75, 3.05) is 11.0 Å². The Morgan fingerprint density at radius 3 is 2.54 bits per heavy atom. The highest BCUT2D eigenvalue weighted by atomic mass is 127. The van der Waals surface area contributed by atoms with Gasteiger partial charge in [-0.05, 0) is 19.1 Å². The number of hydrogen-bond acceptors (Lipinski definition) is 2. The van der Waals surface area contributed by atoms with Crippen molar-refractivity contribution >= 4 is 22.6 Å². The van der Waals surface area contributed by atoms with E-state index in [2.05, 4.69) is 22.6 Å². The minimum Gasteiger partial charge on any atom is -0.491 e. The van der Waals surface area contributed by atoms with Gasteiger partial charge in [0.2, 0.25) is 0 Å². The van der Waals surface area contributed by atoms with Crippen molar-refractivity contribution in [2.24, 2.45) is 0 Å². The van der Waals surface area contributed by atoms with E-state index in [1.54, 1.807) is 0 Å². The van der Waals surface area contributed by atoms with Crippen molar-refractivity contribution in [1.29, 1.82) is 0 Å². The highest BCUT2D eigenvalue weighted by Gasteiger charge is 2.01. The summed E-state index contributed by atoms with van der Waals surface area (Å²) in [6.45, 7) is 2.40. The molecule has 0 amide bonds. The lowest BCUT2D eigenvalue weighted by atomic mass is 10.2. The van der Waals surface area contributed by atoms with Gasteiger partial charge in [-0.15, -0.1) is 0 Å². The van der Waals surface area contributed by atoms with Crippen LogP contribution in [0.2, 0.25) is 0 Å². The van der Waals surface area contributed by atoms with E-state index in [0.717, 1.165) is 5.75 Å². The van der Waals surface area contributed by atoms with Gasteiger partial charge in [-0.25, -0.2) is 0 Å². The zero-order valence-corrected chi connectivity index (χ0v) is 9.69. The van der Waals surface area contributed by atoms with E-state index in [4.69, 9.17) is 4.74 Å². The van der Waals surface area contributed by atoms with Gasteiger partial charge in [0.25, 0.3) is 0 Å². The Labute approximate surface area is 92.1 Å². The van der Waals surface area contributed by atoms with Crippen LogP contribution < -0.4 is 4.74 Å². The molecule has 3 heteroatoms. The van der Waals surface area contributed by atoms with Crippen molar-refractivity contribution < 1.29 is 9.84 Å². The largest absolute Gasteiger partial charge is 0.491 e. The Morgan fingerprint density at radius 2 is 2.00 bits per heavy atom. The molecular weight excluding hydrogens is 279 g/mol. The second-order valence-corrected chi connectivity index (χ2v) is 3.81. The van der Waals surface area contributed by atoms with Crippen molar-refractivity contribution in [2.45, 2.75) is 13.0 Å². The van der Waals surface area contributed by atoms with Crippen LogP contribution in [-0.4, -0.2) is 22.2 Å². The zero-order chi connectivity index (χ0) is 9.68. The van der Waals surface area contributed by atoms with E-state index in [9.17, 15) is 5.11 Å². The van der Waals surface area contributed by atoms with Crippen LogP contribution in [0, 0.1) is 6.92 Å². The average Bonchev–Trinajstić information content (AvgIpc) is 2.16. The molecule has 0 spiro atoms. The number of benzene rings is 1. The Bertz CT molecular complexity index is 246. The Morgan fingerprint density at radius 1 is 1.38 bits per heavy atom. The summed E-state index contributed by atoms with van der Waals surface area (Å²) in [6.07, 6.45) is -0.373. The molecule has 0 aliphatic rings. The molecule has 2 nitrogen and oxygen atoms in total. The van der Waals surface area contributed by atoms with Gasteiger partial charge in [0.15, 0.2) is 0 Å². The van der Waals surface area contributed by atoms with Gasteiger partial charge in [0.1, 0.15) is 12.4 Å². The van der Waals surface area contributed by atoms with Gasteiger partial charge in [0, 0.05) is 4.43 Å². The zero-order valence-electron chi connectivity index (χ0n) is 7.53. The minimum absolute atomic E-state index is 0.367. The summed E-state index contributed by atoms with van der Waals surface area (Å²) >= 11 is 2.13. The van der Waals surface area contributed by atoms with E-state index < -0.39 is 0 Å². The molecule has 1 rings (SSSR count). The Balaban J connectivity index is 2.41. The van der Waals surface area contributed by atoms with Crippen LogP contribution in [0.25, 0.3) is 0 Å². The van der Waals surface area contributed by atoms with Crippen molar-refractivity contribution in [3.05, 3.63) is 29.8 Å². The second kappa shape index (κ2) is 5.44. The molecule has 13 heavy (non-hydrogen) atoms. The summed E-state index contributed by atoms with van der Waals surface area (Å²) < 4.78 is 6.06. The summed E-state index contributed by atoms with van der Waals surface area (Å²) in [5.41, 5.74) is 1.21. The first-order valence-corrected chi connectivity index (χ1v) is 5.68. The fraction of sp³-hybridized carbons (Fsp3) is 0.400. The third kappa shape index (κ3) is 3.95. The summed E-state index contributed by atoms with van der Waals surface area (Å²) in [5, 5.41) is 9.24. The molecule has 1 aromatic carbocycles. The number of hydrogen-bond donors (Lipinski definition) is 1. The second-order valence-electron chi connectivity index (χ2n) is 2.93. The summed E-state index contributed by atoms with van der Waals surface area (Å²) in [4.78, 5) is 0. The third-order valence-electron chi connectivity index (χ3n) is 1.64. The lowest BCUT2D eigenvalue weighted by Crippen LogP contribution is -2.18. The van der Waals surface area contributed by atoms with Gasteiger partial charge in [0.05, 0.1) is 6.10 Å². The van der Waals surface area contributed by atoms with Crippen LogP contribution in [-0.2, 0) is 0 Å². The smallest absolute Gasteiger partial charge is 0.119 e. The number of halogens is 1. The first-order valence-electron chi connectivity index (χ1n) is 4.16. The molecule has 0 bridgehead atoms. The van der Waals surface area contributed by atoms with Crippen LogP contribution in [0.4, 0.5) is 0 Å². The lowest BCUT2D eigenvalue weighted by molar-refractivity contribution is 0.128. The van der Waals surface area contributed by atoms with Crippen LogP contribution in [0.15, 0.2) is 24.3 Å².